The van der Waals surface area contributed by atoms with Gasteiger partial charge in [0.05, 0.1) is 23.7 Å². The van der Waals surface area contributed by atoms with Gasteiger partial charge in [0.15, 0.2) is 5.03 Å². The van der Waals surface area contributed by atoms with Crippen LogP contribution in [0.3, 0.4) is 0 Å². The molecular weight excluding hydrogens is 378 g/mol. The lowest BCUT2D eigenvalue weighted by Crippen LogP contribution is -2.39. The first-order valence-electron chi connectivity index (χ1n) is 8.53. The van der Waals surface area contributed by atoms with Crippen molar-refractivity contribution in [1.82, 2.24) is 24.2 Å². The quantitative estimate of drug-likeness (QED) is 0.801. The summed E-state index contributed by atoms with van der Waals surface area (Å²) in [6.45, 7) is 3.94. The van der Waals surface area contributed by atoms with E-state index in [1.807, 2.05) is 13.8 Å². The Morgan fingerprint density at radius 1 is 1.19 bits per heavy atom. The Morgan fingerprint density at radius 3 is 2.42 bits per heavy atom. The Labute approximate surface area is 158 Å². The Morgan fingerprint density at radius 2 is 1.85 bits per heavy atom. The molecule has 0 saturated heterocycles. The molecule has 1 fully saturated rings. The van der Waals surface area contributed by atoms with Crippen molar-refractivity contribution >= 4 is 21.6 Å². The summed E-state index contributed by atoms with van der Waals surface area (Å²) in [7, 11) is -3.62. The number of nitrogens with zero attached hydrogens (tertiary/aromatic N) is 4. The Bertz CT molecular complexity index is 830. The fraction of sp³-hybridized carbons (Fsp3) is 0.562. The monoisotopic (exact) mass is 399 g/mol. The van der Waals surface area contributed by atoms with E-state index in [1.54, 1.807) is 10.8 Å². The number of ether oxygens (including phenoxy) is 1. The second kappa shape index (κ2) is 7.89. The number of hydrogen-bond donors (Lipinski definition) is 1. The van der Waals surface area contributed by atoms with Crippen LogP contribution in [0, 0.1) is 0 Å². The Balaban J connectivity index is 1.53. The molecule has 0 aliphatic heterocycles. The van der Waals surface area contributed by atoms with E-state index < -0.39 is 10.0 Å². The van der Waals surface area contributed by atoms with Crippen LogP contribution < -0.4 is 9.46 Å². The minimum atomic E-state index is -3.62. The maximum Gasteiger partial charge on any atom is 0.316 e. The highest BCUT2D eigenvalue weighted by atomic mass is 35.5. The molecule has 2 heterocycles. The molecule has 2 aromatic rings. The average Bonchev–Trinajstić information content (AvgIpc) is 3.10. The molecule has 26 heavy (non-hydrogen) atoms. The largest absolute Gasteiger partial charge is 0.460 e. The van der Waals surface area contributed by atoms with Crippen molar-refractivity contribution in [3.8, 4) is 6.01 Å². The third-order valence-corrected chi connectivity index (χ3v) is 5.91. The van der Waals surface area contributed by atoms with E-state index in [0.29, 0.717) is 17.9 Å². The molecule has 0 spiro atoms. The fourth-order valence-corrected chi connectivity index (χ4v) is 4.17. The molecule has 0 atom stereocenters. The maximum atomic E-state index is 12.5. The van der Waals surface area contributed by atoms with E-state index in [9.17, 15) is 8.42 Å². The van der Waals surface area contributed by atoms with Gasteiger partial charge < -0.3 is 9.30 Å². The molecule has 0 amide bonds. The third kappa shape index (κ3) is 4.72. The summed E-state index contributed by atoms with van der Waals surface area (Å²) in [5.41, 5.74) is 0. The molecule has 3 rings (SSSR count). The van der Waals surface area contributed by atoms with Crippen molar-refractivity contribution in [2.24, 2.45) is 0 Å². The molecule has 0 bridgehead atoms. The molecule has 1 aliphatic rings. The van der Waals surface area contributed by atoms with Crippen molar-refractivity contribution in [1.29, 1.82) is 0 Å². The SMILES string of the molecule is CC(C)n1cnc(S(=O)(=O)NC2CCC(Oc3ncc(Cl)cn3)CC2)c1. The van der Waals surface area contributed by atoms with E-state index >= 15 is 0 Å². The summed E-state index contributed by atoms with van der Waals surface area (Å²) in [5, 5.41) is 0.509. The number of aromatic nitrogens is 4. The summed E-state index contributed by atoms with van der Waals surface area (Å²) in [6.07, 6.45) is 8.84. The highest BCUT2D eigenvalue weighted by molar-refractivity contribution is 7.89. The molecule has 8 nitrogen and oxygen atoms in total. The lowest BCUT2D eigenvalue weighted by molar-refractivity contribution is 0.132. The van der Waals surface area contributed by atoms with E-state index in [-0.39, 0.29) is 29.2 Å². The van der Waals surface area contributed by atoms with Gasteiger partial charge >= 0.3 is 6.01 Å². The van der Waals surface area contributed by atoms with Gasteiger partial charge in [-0.1, -0.05) is 11.6 Å². The minimum absolute atomic E-state index is 0.0305. The van der Waals surface area contributed by atoms with Gasteiger partial charge in [-0.25, -0.2) is 28.1 Å². The number of rotatable bonds is 6. The molecular formula is C16H22ClN5O3S. The molecule has 10 heteroatoms. The first kappa shape index (κ1) is 19.1. The molecule has 142 valence electrons. The molecule has 1 N–H and O–H groups in total. The number of hydrogen-bond acceptors (Lipinski definition) is 6. The number of imidazole rings is 1. The highest BCUT2D eigenvalue weighted by Gasteiger charge is 2.28. The van der Waals surface area contributed by atoms with Crippen LogP contribution >= 0.6 is 11.6 Å². The smallest absolute Gasteiger partial charge is 0.316 e. The first-order valence-corrected chi connectivity index (χ1v) is 10.4. The summed E-state index contributed by atoms with van der Waals surface area (Å²) < 4.78 is 35.2. The standard InChI is InChI=1S/C16H22ClN5O3S/c1-11(2)22-9-15(20-10-22)26(23,24)21-13-3-5-14(6-4-13)25-16-18-7-12(17)8-19-16/h7-11,13-14,21H,3-6H2,1-2H3. The van der Waals surface area contributed by atoms with Crippen molar-refractivity contribution in [3.05, 3.63) is 29.9 Å². The lowest BCUT2D eigenvalue weighted by Gasteiger charge is -2.28. The van der Waals surface area contributed by atoms with Crippen LogP contribution in [0.25, 0.3) is 0 Å². The van der Waals surface area contributed by atoms with E-state index in [4.69, 9.17) is 16.3 Å². The van der Waals surface area contributed by atoms with Crippen LogP contribution in [0.2, 0.25) is 5.02 Å². The highest BCUT2D eigenvalue weighted by Crippen LogP contribution is 2.24. The second-order valence-electron chi connectivity index (χ2n) is 6.65. The van der Waals surface area contributed by atoms with Gasteiger partial charge in [-0.05, 0) is 39.5 Å². The van der Waals surface area contributed by atoms with Crippen molar-refractivity contribution in [2.45, 2.75) is 62.7 Å². The predicted molar refractivity (Wildman–Crippen MR) is 96.6 cm³/mol. The van der Waals surface area contributed by atoms with Crippen LogP contribution in [-0.4, -0.2) is 40.1 Å². The molecule has 2 aromatic heterocycles. The molecule has 1 saturated carbocycles. The summed E-state index contributed by atoms with van der Waals surface area (Å²) in [4.78, 5) is 12.1. The minimum Gasteiger partial charge on any atom is -0.460 e. The zero-order chi connectivity index (χ0) is 18.7. The zero-order valence-electron chi connectivity index (χ0n) is 14.7. The average molecular weight is 400 g/mol. The number of nitrogens with one attached hydrogen (secondary N) is 1. The van der Waals surface area contributed by atoms with Gasteiger partial charge in [-0.2, -0.15) is 0 Å². The van der Waals surface area contributed by atoms with E-state index in [1.165, 1.54) is 18.7 Å². The number of sulfonamides is 1. The van der Waals surface area contributed by atoms with Crippen LogP contribution in [0.4, 0.5) is 0 Å². The summed E-state index contributed by atoms with van der Waals surface area (Å²) >= 11 is 5.75. The third-order valence-electron chi connectivity index (χ3n) is 4.31. The maximum absolute atomic E-state index is 12.5. The fourth-order valence-electron chi connectivity index (χ4n) is 2.83. The topological polar surface area (TPSA) is 99.0 Å². The lowest BCUT2D eigenvalue weighted by atomic mass is 9.94. The van der Waals surface area contributed by atoms with Crippen molar-refractivity contribution in [3.63, 3.8) is 0 Å². The van der Waals surface area contributed by atoms with Gasteiger partial charge in [0.25, 0.3) is 10.0 Å². The van der Waals surface area contributed by atoms with Gasteiger partial charge in [-0.3, -0.25) is 0 Å². The Kier molecular flexibility index (Phi) is 5.79. The van der Waals surface area contributed by atoms with Gasteiger partial charge in [-0.15, -0.1) is 0 Å². The van der Waals surface area contributed by atoms with Crippen LogP contribution in [-0.2, 0) is 10.0 Å². The summed E-state index contributed by atoms with van der Waals surface area (Å²) in [5.74, 6) is 0. The molecule has 0 radical (unpaired) electrons. The molecule has 0 aromatic carbocycles. The van der Waals surface area contributed by atoms with Crippen LogP contribution in [0.1, 0.15) is 45.6 Å². The van der Waals surface area contributed by atoms with Gasteiger partial charge in [0.2, 0.25) is 0 Å². The first-order chi connectivity index (χ1) is 12.3. The van der Waals surface area contributed by atoms with Gasteiger partial charge in [0.1, 0.15) is 6.10 Å². The predicted octanol–water partition coefficient (Wildman–Crippen LogP) is 2.58. The molecule has 0 unspecified atom stereocenters. The Hall–Kier alpha value is -1.71. The van der Waals surface area contributed by atoms with Crippen molar-refractivity contribution < 1.29 is 13.2 Å². The van der Waals surface area contributed by atoms with E-state index in [0.717, 1.165) is 12.8 Å². The zero-order valence-corrected chi connectivity index (χ0v) is 16.2. The van der Waals surface area contributed by atoms with Crippen LogP contribution in [0.15, 0.2) is 29.9 Å². The van der Waals surface area contributed by atoms with Gasteiger partial charge in [0, 0.05) is 18.3 Å². The number of halogens is 1. The van der Waals surface area contributed by atoms with Crippen LogP contribution in [0.5, 0.6) is 6.01 Å². The molecule has 1 aliphatic carbocycles. The van der Waals surface area contributed by atoms with E-state index in [2.05, 4.69) is 19.7 Å². The normalized spacial score (nSPS) is 21.1. The van der Waals surface area contributed by atoms with Crippen molar-refractivity contribution in [2.75, 3.05) is 0 Å². The summed E-state index contributed by atoms with van der Waals surface area (Å²) in [6, 6.07) is 0.321. The second-order valence-corrected chi connectivity index (χ2v) is 8.75.